The highest BCUT2D eigenvalue weighted by atomic mass is 16.6. The van der Waals surface area contributed by atoms with Crippen LogP contribution in [0.5, 0.6) is 0 Å². The summed E-state index contributed by atoms with van der Waals surface area (Å²) < 4.78 is 10.7. The second-order valence-electron chi connectivity index (χ2n) is 5.48. The predicted octanol–water partition coefficient (Wildman–Crippen LogP) is 3.03. The van der Waals surface area contributed by atoms with Gasteiger partial charge >= 0.3 is 5.97 Å². The Bertz CT molecular complexity index is 238. The monoisotopic (exact) mass is 242 g/mol. The maximum atomic E-state index is 11.3. The van der Waals surface area contributed by atoms with E-state index in [1.165, 1.54) is 12.8 Å². The number of hydrogen-bond donors (Lipinski definition) is 0. The first-order valence-corrected chi connectivity index (χ1v) is 6.81. The molecule has 1 aliphatic carbocycles. The lowest BCUT2D eigenvalue weighted by molar-refractivity contribution is -0.153. The summed E-state index contributed by atoms with van der Waals surface area (Å²) in [6.45, 7) is 9.09. The SMILES string of the molecule is CCOC(=O)COC1CC(C)CCC1C(C)C. The molecule has 0 heterocycles. The van der Waals surface area contributed by atoms with Crippen LogP contribution in [-0.2, 0) is 14.3 Å². The molecular weight excluding hydrogens is 216 g/mol. The van der Waals surface area contributed by atoms with E-state index in [1.807, 2.05) is 6.92 Å². The van der Waals surface area contributed by atoms with Gasteiger partial charge in [0.1, 0.15) is 6.61 Å². The van der Waals surface area contributed by atoms with Gasteiger partial charge in [-0.3, -0.25) is 0 Å². The molecule has 0 aliphatic heterocycles. The molecule has 1 rings (SSSR count). The Hall–Kier alpha value is -0.570. The van der Waals surface area contributed by atoms with Crippen molar-refractivity contribution < 1.29 is 14.3 Å². The zero-order valence-electron chi connectivity index (χ0n) is 11.6. The number of carbonyl (C=O) groups excluding carboxylic acids is 1. The molecule has 3 unspecified atom stereocenters. The number of esters is 1. The average Bonchev–Trinajstić information content (AvgIpc) is 2.26. The van der Waals surface area contributed by atoms with E-state index in [4.69, 9.17) is 9.47 Å². The fraction of sp³-hybridized carbons (Fsp3) is 0.929. The largest absolute Gasteiger partial charge is 0.464 e. The standard InChI is InChI=1S/C14H26O3/c1-5-16-14(15)9-17-13-8-11(4)6-7-12(13)10(2)3/h10-13H,5-9H2,1-4H3. The molecule has 0 radical (unpaired) electrons. The van der Waals surface area contributed by atoms with Gasteiger partial charge in [0.2, 0.25) is 0 Å². The Morgan fingerprint density at radius 1 is 1.35 bits per heavy atom. The number of carbonyl (C=O) groups is 1. The molecule has 0 amide bonds. The second kappa shape index (κ2) is 7.00. The van der Waals surface area contributed by atoms with Crippen LogP contribution in [0.4, 0.5) is 0 Å². The van der Waals surface area contributed by atoms with Crippen molar-refractivity contribution in [2.45, 2.75) is 53.1 Å². The molecule has 1 saturated carbocycles. The Balaban J connectivity index is 2.43. The molecule has 3 heteroatoms. The van der Waals surface area contributed by atoms with Crippen LogP contribution in [0.3, 0.4) is 0 Å². The van der Waals surface area contributed by atoms with Crippen LogP contribution in [0.1, 0.15) is 47.0 Å². The van der Waals surface area contributed by atoms with Crippen LogP contribution in [0.15, 0.2) is 0 Å². The molecule has 17 heavy (non-hydrogen) atoms. The first-order chi connectivity index (χ1) is 8.04. The van der Waals surface area contributed by atoms with E-state index in [-0.39, 0.29) is 18.7 Å². The Morgan fingerprint density at radius 3 is 2.65 bits per heavy atom. The molecular formula is C14H26O3. The van der Waals surface area contributed by atoms with E-state index in [0.29, 0.717) is 24.4 Å². The van der Waals surface area contributed by atoms with Gasteiger partial charge in [-0.15, -0.1) is 0 Å². The van der Waals surface area contributed by atoms with Gasteiger partial charge in [-0.1, -0.05) is 27.2 Å². The van der Waals surface area contributed by atoms with Gasteiger partial charge in [-0.25, -0.2) is 4.79 Å². The smallest absolute Gasteiger partial charge is 0.332 e. The van der Waals surface area contributed by atoms with Crippen molar-refractivity contribution in [3.8, 4) is 0 Å². The summed E-state index contributed by atoms with van der Waals surface area (Å²) in [7, 11) is 0. The van der Waals surface area contributed by atoms with E-state index in [2.05, 4.69) is 20.8 Å². The lowest BCUT2D eigenvalue weighted by Gasteiger charge is -2.36. The molecule has 1 aliphatic rings. The van der Waals surface area contributed by atoms with Gasteiger partial charge in [0.15, 0.2) is 0 Å². The van der Waals surface area contributed by atoms with Crippen LogP contribution in [-0.4, -0.2) is 25.3 Å². The van der Waals surface area contributed by atoms with Crippen molar-refractivity contribution in [1.82, 2.24) is 0 Å². The molecule has 0 spiro atoms. The van der Waals surface area contributed by atoms with Crippen molar-refractivity contribution in [2.75, 3.05) is 13.2 Å². The Morgan fingerprint density at radius 2 is 2.06 bits per heavy atom. The summed E-state index contributed by atoms with van der Waals surface area (Å²) in [5.74, 6) is 1.67. The summed E-state index contributed by atoms with van der Waals surface area (Å²) in [4.78, 5) is 11.3. The molecule has 0 bridgehead atoms. The maximum Gasteiger partial charge on any atom is 0.332 e. The number of rotatable bonds is 5. The molecule has 3 atom stereocenters. The Labute approximate surface area is 105 Å². The van der Waals surface area contributed by atoms with Crippen molar-refractivity contribution in [3.05, 3.63) is 0 Å². The van der Waals surface area contributed by atoms with Crippen LogP contribution >= 0.6 is 0 Å². The molecule has 0 aromatic carbocycles. The molecule has 0 aromatic rings. The topological polar surface area (TPSA) is 35.5 Å². The van der Waals surface area contributed by atoms with Crippen LogP contribution in [0, 0.1) is 17.8 Å². The lowest BCUT2D eigenvalue weighted by Crippen LogP contribution is -2.35. The van der Waals surface area contributed by atoms with Crippen molar-refractivity contribution in [1.29, 1.82) is 0 Å². The van der Waals surface area contributed by atoms with Gasteiger partial charge < -0.3 is 9.47 Å². The highest BCUT2D eigenvalue weighted by Gasteiger charge is 2.31. The summed E-state index contributed by atoms with van der Waals surface area (Å²) in [5.41, 5.74) is 0. The number of hydrogen-bond acceptors (Lipinski definition) is 3. The zero-order chi connectivity index (χ0) is 12.8. The first-order valence-electron chi connectivity index (χ1n) is 6.81. The first kappa shape index (κ1) is 14.5. The number of ether oxygens (including phenoxy) is 2. The fourth-order valence-corrected chi connectivity index (χ4v) is 2.68. The minimum Gasteiger partial charge on any atom is -0.464 e. The minimum atomic E-state index is -0.242. The third-order valence-corrected chi connectivity index (χ3v) is 3.68. The van der Waals surface area contributed by atoms with Gasteiger partial charge in [0.05, 0.1) is 12.7 Å². The van der Waals surface area contributed by atoms with Crippen LogP contribution in [0.2, 0.25) is 0 Å². The van der Waals surface area contributed by atoms with Gasteiger partial charge in [0.25, 0.3) is 0 Å². The highest BCUT2D eigenvalue weighted by molar-refractivity contribution is 5.70. The van der Waals surface area contributed by atoms with Gasteiger partial charge in [0, 0.05) is 0 Å². The maximum absolute atomic E-state index is 11.3. The molecule has 0 aromatic heterocycles. The van der Waals surface area contributed by atoms with Crippen molar-refractivity contribution >= 4 is 5.97 Å². The fourth-order valence-electron chi connectivity index (χ4n) is 2.68. The highest BCUT2D eigenvalue weighted by Crippen LogP contribution is 2.35. The summed E-state index contributed by atoms with van der Waals surface area (Å²) >= 11 is 0. The van der Waals surface area contributed by atoms with E-state index >= 15 is 0 Å². The average molecular weight is 242 g/mol. The molecule has 0 saturated heterocycles. The van der Waals surface area contributed by atoms with Crippen LogP contribution in [0.25, 0.3) is 0 Å². The van der Waals surface area contributed by atoms with Crippen molar-refractivity contribution in [2.24, 2.45) is 17.8 Å². The second-order valence-corrected chi connectivity index (χ2v) is 5.48. The molecule has 0 N–H and O–H groups in total. The van der Waals surface area contributed by atoms with Crippen molar-refractivity contribution in [3.63, 3.8) is 0 Å². The van der Waals surface area contributed by atoms with Crippen LogP contribution < -0.4 is 0 Å². The minimum absolute atomic E-state index is 0.106. The quantitative estimate of drug-likeness (QED) is 0.695. The van der Waals surface area contributed by atoms with E-state index in [0.717, 1.165) is 6.42 Å². The lowest BCUT2D eigenvalue weighted by atomic mass is 9.75. The molecule has 3 nitrogen and oxygen atoms in total. The summed E-state index contributed by atoms with van der Waals surface area (Å²) in [6.07, 6.45) is 3.79. The molecule has 100 valence electrons. The zero-order valence-corrected chi connectivity index (χ0v) is 11.6. The Kier molecular flexibility index (Phi) is 5.96. The summed E-state index contributed by atoms with van der Waals surface area (Å²) in [5, 5.41) is 0. The summed E-state index contributed by atoms with van der Waals surface area (Å²) in [6, 6.07) is 0. The normalized spacial score (nSPS) is 29.4. The van der Waals surface area contributed by atoms with E-state index < -0.39 is 0 Å². The third kappa shape index (κ3) is 4.66. The molecule has 1 fully saturated rings. The third-order valence-electron chi connectivity index (χ3n) is 3.68. The predicted molar refractivity (Wildman–Crippen MR) is 67.7 cm³/mol. The van der Waals surface area contributed by atoms with E-state index in [9.17, 15) is 4.79 Å². The van der Waals surface area contributed by atoms with E-state index in [1.54, 1.807) is 0 Å². The van der Waals surface area contributed by atoms with Gasteiger partial charge in [-0.2, -0.15) is 0 Å². The van der Waals surface area contributed by atoms with Gasteiger partial charge in [-0.05, 0) is 37.5 Å².